The van der Waals surface area contributed by atoms with Gasteiger partial charge in [-0.2, -0.15) is 0 Å². The van der Waals surface area contributed by atoms with Gasteiger partial charge in [0.25, 0.3) is 5.91 Å². The monoisotopic (exact) mass is 479 g/mol. The highest BCUT2D eigenvalue weighted by Crippen LogP contribution is 2.25. The van der Waals surface area contributed by atoms with Crippen LogP contribution in [0.25, 0.3) is 21.8 Å². The van der Waals surface area contributed by atoms with Crippen molar-refractivity contribution in [3.8, 4) is 11.5 Å². The number of hydrogen-bond donors (Lipinski definition) is 1. The Bertz CT molecular complexity index is 1490. The molecule has 0 aliphatic rings. The number of para-hydroxylation sites is 3. The number of benzene rings is 4. The minimum absolute atomic E-state index is 0.135. The minimum Gasteiger partial charge on any atom is -0.496 e. The Morgan fingerprint density at radius 3 is 2.56 bits per heavy atom. The summed E-state index contributed by atoms with van der Waals surface area (Å²) >= 11 is 0. The molecule has 5 rings (SSSR count). The van der Waals surface area contributed by atoms with Crippen molar-refractivity contribution in [1.29, 1.82) is 0 Å². The SMILES string of the molecule is COc1ccccc1C(=O)NCCCc1nc2ccccc2n1CCOc1cccc2ccccc12. The van der Waals surface area contributed by atoms with Gasteiger partial charge in [-0.1, -0.05) is 60.7 Å². The van der Waals surface area contributed by atoms with Gasteiger partial charge in [-0.3, -0.25) is 4.79 Å². The first-order valence-electron chi connectivity index (χ1n) is 12.2. The summed E-state index contributed by atoms with van der Waals surface area (Å²) < 4.78 is 13.7. The van der Waals surface area contributed by atoms with E-state index in [9.17, 15) is 4.79 Å². The van der Waals surface area contributed by atoms with Crippen LogP contribution in [0.1, 0.15) is 22.6 Å². The van der Waals surface area contributed by atoms with Crippen molar-refractivity contribution in [1.82, 2.24) is 14.9 Å². The van der Waals surface area contributed by atoms with E-state index in [2.05, 4.69) is 34.1 Å². The molecule has 0 radical (unpaired) electrons. The molecule has 4 aromatic carbocycles. The fourth-order valence-electron chi connectivity index (χ4n) is 4.51. The Labute approximate surface area is 210 Å². The largest absolute Gasteiger partial charge is 0.496 e. The van der Waals surface area contributed by atoms with Crippen LogP contribution in [0, 0.1) is 0 Å². The average Bonchev–Trinajstić information content (AvgIpc) is 3.28. The van der Waals surface area contributed by atoms with Crippen LogP contribution < -0.4 is 14.8 Å². The molecule has 5 aromatic rings. The lowest BCUT2D eigenvalue weighted by molar-refractivity contribution is 0.0950. The van der Waals surface area contributed by atoms with Crippen molar-refractivity contribution in [3.63, 3.8) is 0 Å². The van der Waals surface area contributed by atoms with E-state index in [0.29, 0.717) is 31.0 Å². The van der Waals surface area contributed by atoms with Gasteiger partial charge in [-0.25, -0.2) is 4.98 Å². The molecule has 6 heteroatoms. The maximum Gasteiger partial charge on any atom is 0.255 e. The molecule has 1 aromatic heterocycles. The zero-order valence-corrected chi connectivity index (χ0v) is 20.3. The van der Waals surface area contributed by atoms with E-state index >= 15 is 0 Å². The van der Waals surface area contributed by atoms with Gasteiger partial charge in [0.2, 0.25) is 0 Å². The lowest BCUT2D eigenvalue weighted by Crippen LogP contribution is -2.25. The number of aromatic nitrogens is 2. The summed E-state index contributed by atoms with van der Waals surface area (Å²) in [5.74, 6) is 2.31. The van der Waals surface area contributed by atoms with E-state index in [1.54, 1.807) is 19.2 Å². The summed E-state index contributed by atoms with van der Waals surface area (Å²) in [4.78, 5) is 17.4. The first-order valence-corrected chi connectivity index (χ1v) is 12.2. The van der Waals surface area contributed by atoms with E-state index in [1.165, 1.54) is 5.39 Å². The van der Waals surface area contributed by atoms with Crippen LogP contribution in [-0.2, 0) is 13.0 Å². The molecule has 6 nitrogen and oxygen atoms in total. The highest BCUT2D eigenvalue weighted by Gasteiger charge is 2.13. The second kappa shape index (κ2) is 11.0. The summed E-state index contributed by atoms with van der Waals surface area (Å²) in [5, 5.41) is 5.28. The van der Waals surface area contributed by atoms with Crippen LogP contribution in [0.2, 0.25) is 0 Å². The van der Waals surface area contributed by atoms with Gasteiger partial charge in [-0.05, 0) is 42.1 Å². The first-order chi connectivity index (χ1) is 17.7. The Morgan fingerprint density at radius 2 is 1.64 bits per heavy atom. The lowest BCUT2D eigenvalue weighted by Gasteiger charge is -2.13. The second-order valence-electron chi connectivity index (χ2n) is 8.55. The molecule has 0 aliphatic carbocycles. The van der Waals surface area contributed by atoms with Crippen LogP contribution in [0.15, 0.2) is 91.0 Å². The molecule has 36 heavy (non-hydrogen) atoms. The molecule has 1 heterocycles. The maximum absolute atomic E-state index is 12.6. The molecule has 0 spiro atoms. The number of carbonyl (C=O) groups excluding carboxylic acids is 1. The Morgan fingerprint density at radius 1 is 0.889 bits per heavy atom. The molecule has 182 valence electrons. The van der Waals surface area contributed by atoms with Crippen LogP contribution in [0.4, 0.5) is 0 Å². The number of imidazole rings is 1. The predicted molar refractivity (Wildman–Crippen MR) is 143 cm³/mol. The number of nitrogens with one attached hydrogen (secondary N) is 1. The Hall–Kier alpha value is -4.32. The number of methoxy groups -OCH3 is 1. The van der Waals surface area contributed by atoms with Crippen LogP contribution in [-0.4, -0.2) is 35.7 Å². The van der Waals surface area contributed by atoms with Crippen LogP contribution in [0.5, 0.6) is 11.5 Å². The lowest BCUT2D eigenvalue weighted by atomic mass is 10.1. The van der Waals surface area contributed by atoms with E-state index in [-0.39, 0.29) is 5.91 Å². The Kier molecular flexibility index (Phi) is 7.12. The minimum atomic E-state index is -0.135. The number of fused-ring (bicyclic) bond motifs is 2. The van der Waals surface area contributed by atoms with Crippen molar-refractivity contribution in [3.05, 3.63) is 102 Å². The van der Waals surface area contributed by atoms with E-state index < -0.39 is 0 Å². The summed E-state index contributed by atoms with van der Waals surface area (Å²) in [5.41, 5.74) is 2.60. The van der Waals surface area contributed by atoms with Crippen molar-refractivity contribution in [2.45, 2.75) is 19.4 Å². The number of hydrogen-bond acceptors (Lipinski definition) is 4. The quantitative estimate of drug-likeness (QED) is 0.263. The zero-order chi connectivity index (χ0) is 24.7. The third-order valence-electron chi connectivity index (χ3n) is 6.27. The highest BCUT2D eigenvalue weighted by atomic mass is 16.5. The molecule has 0 saturated heterocycles. The number of nitrogens with zero attached hydrogens (tertiary/aromatic N) is 2. The number of carbonyl (C=O) groups is 1. The molecular formula is C30H29N3O3. The van der Waals surface area contributed by atoms with Gasteiger partial charge in [0, 0.05) is 18.4 Å². The van der Waals surface area contributed by atoms with Crippen molar-refractivity contribution < 1.29 is 14.3 Å². The third-order valence-corrected chi connectivity index (χ3v) is 6.27. The molecule has 0 saturated carbocycles. The highest BCUT2D eigenvalue weighted by molar-refractivity contribution is 5.96. The number of amides is 1. The van der Waals surface area contributed by atoms with Crippen molar-refractivity contribution in [2.24, 2.45) is 0 Å². The van der Waals surface area contributed by atoms with Crippen LogP contribution >= 0.6 is 0 Å². The van der Waals surface area contributed by atoms with Gasteiger partial charge in [0.05, 0.1) is 30.3 Å². The van der Waals surface area contributed by atoms with Crippen LogP contribution in [0.3, 0.4) is 0 Å². The van der Waals surface area contributed by atoms with Gasteiger partial charge >= 0.3 is 0 Å². The number of ether oxygens (including phenoxy) is 2. The normalized spacial score (nSPS) is 11.0. The van der Waals surface area contributed by atoms with Gasteiger partial charge < -0.3 is 19.4 Å². The molecule has 0 atom stereocenters. The molecule has 0 unspecified atom stereocenters. The molecule has 0 aliphatic heterocycles. The summed E-state index contributed by atoms with van der Waals surface area (Å²) in [6, 6.07) is 29.8. The topological polar surface area (TPSA) is 65.4 Å². The maximum atomic E-state index is 12.6. The smallest absolute Gasteiger partial charge is 0.255 e. The van der Waals surface area contributed by atoms with E-state index in [1.807, 2.05) is 54.6 Å². The summed E-state index contributed by atoms with van der Waals surface area (Å²) in [7, 11) is 1.57. The van der Waals surface area contributed by atoms with E-state index in [0.717, 1.165) is 40.8 Å². The van der Waals surface area contributed by atoms with Gasteiger partial charge in [0.15, 0.2) is 0 Å². The fourth-order valence-corrected chi connectivity index (χ4v) is 4.51. The third kappa shape index (κ3) is 5.03. The van der Waals surface area contributed by atoms with Gasteiger partial charge in [0.1, 0.15) is 23.9 Å². The van der Waals surface area contributed by atoms with Gasteiger partial charge in [-0.15, -0.1) is 0 Å². The number of rotatable bonds is 10. The molecule has 0 bridgehead atoms. The van der Waals surface area contributed by atoms with Crippen molar-refractivity contribution in [2.75, 3.05) is 20.3 Å². The predicted octanol–water partition coefficient (Wildman–Crippen LogP) is 5.64. The Balaban J connectivity index is 1.24. The second-order valence-corrected chi connectivity index (χ2v) is 8.55. The number of aryl methyl sites for hydroxylation is 1. The molecular weight excluding hydrogens is 450 g/mol. The van der Waals surface area contributed by atoms with Crippen molar-refractivity contribution >= 4 is 27.7 Å². The first kappa shape index (κ1) is 23.4. The summed E-state index contributed by atoms with van der Waals surface area (Å²) in [6.45, 7) is 1.77. The molecule has 1 N–H and O–H groups in total. The average molecular weight is 480 g/mol. The fraction of sp³-hybridized carbons (Fsp3) is 0.200. The standard InChI is InChI=1S/C30H29N3O3/c1-35-27-16-7-4-13-24(27)30(34)31-19-9-18-29-32-25-14-5-6-15-26(25)33(29)20-21-36-28-17-8-11-22-10-2-3-12-23(22)28/h2-8,10-17H,9,18-21H2,1H3,(H,31,34). The molecule has 0 fully saturated rings. The molecule has 1 amide bonds. The summed E-state index contributed by atoms with van der Waals surface area (Å²) in [6.07, 6.45) is 1.52. The van der Waals surface area contributed by atoms with E-state index in [4.69, 9.17) is 14.5 Å². The zero-order valence-electron chi connectivity index (χ0n) is 20.3.